The zero-order valence-corrected chi connectivity index (χ0v) is 4.78. The van der Waals surface area contributed by atoms with E-state index in [-0.39, 0.29) is 0 Å². The van der Waals surface area contributed by atoms with Crippen molar-refractivity contribution in [1.82, 2.24) is 0 Å². The summed E-state index contributed by atoms with van der Waals surface area (Å²) >= 11 is 0. The van der Waals surface area contributed by atoms with Crippen LogP contribution in [-0.2, 0) is 0 Å². The summed E-state index contributed by atoms with van der Waals surface area (Å²) < 4.78 is 0. The van der Waals surface area contributed by atoms with Gasteiger partial charge in [-0.15, -0.1) is 6.42 Å². The highest BCUT2D eigenvalue weighted by molar-refractivity contribution is 4.81. The van der Waals surface area contributed by atoms with E-state index in [0.29, 0.717) is 0 Å². The maximum Gasteiger partial charge on any atom is 0.137 e. The number of nitrogens with two attached hydrogens (primary N) is 1. The molecule has 0 amide bonds. The number of quaternary nitrogens is 1. The zero-order chi connectivity index (χ0) is 5.54. The van der Waals surface area contributed by atoms with Crippen molar-refractivity contribution < 1.29 is 5.32 Å². The highest BCUT2D eigenvalue weighted by atomic mass is 14.8. The molecule has 1 heteroatoms. The van der Waals surface area contributed by atoms with Crippen LogP contribution in [0.15, 0.2) is 0 Å². The van der Waals surface area contributed by atoms with Crippen LogP contribution in [0.5, 0.6) is 0 Å². The Balaban J connectivity index is 2.60. The first-order valence-electron chi connectivity index (χ1n) is 2.67. The van der Waals surface area contributed by atoms with Gasteiger partial charge in [0.1, 0.15) is 6.54 Å². The van der Waals surface area contributed by atoms with Gasteiger partial charge in [0.25, 0.3) is 0 Å². The van der Waals surface area contributed by atoms with Gasteiger partial charge in [-0.25, -0.2) is 0 Å². The van der Waals surface area contributed by atoms with E-state index < -0.39 is 0 Å². The van der Waals surface area contributed by atoms with Crippen molar-refractivity contribution in [2.75, 3.05) is 13.1 Å². The van der Waals surface area contributed by atoms with Crippen LogP contribution >= 0.6 is 0 Å². The summed E-state index contributed by atoms with van der Waals surface area (Å²) in [6, 6.07) is 0. The van der Waals surface area contributed by atoms with Crippen molar-refractivity contribution in [3.05, 3.63) is 0 Å². The lowest BCUT2D eigenvalue weighted by Crippen LogP contribution is -2.83. The van der Waals surface area contributed by atoms with Crippen LogP contribution in [0.2, 0.25) is 0 Å². The summed E-state index contributed by atoms with van der Waals surface area (Å²) in [7, 11) is 0. The molecule has 2 N–H and O–H groups in total. The molecule has 1 nitrogen and oxygen atoms in total. The minimum atomic E-state index is 0.827. The van der Waals surface area contributed by atoms with E-state index in [9.17, 15) is 0 Å². The van der Waals surface area contributed by atoms with Gasteiger partial charge in [-0.2, -0.15) is 0 Å². The molecule has 0 aromatic carbocycles. The highest BCUT2D eigenvalue weighted by Crippen LogP contribution is 1.57. The largest absolute Gasteiger partial charge is 0.336 e. The van der Waals surface area contributed by atoms with Gasteiger partial charge in [-0.3, -0.25) is 0 Å². The molecule has 0 heterocycles. The Labute approximate surface area is 45.1 Å². The maximum absolute atomic E-state index is 4.99. The van der Waals surface area contributed by atoms with Gasteiger partial charge in [0, 0.05) is 0 Å². The van der Waals surface area contributed by atoms with Gasteiger partial charge in [0.05, 0.1) is 6.54 Å². The van der Waals surface area contributed by atoms with Gasteiger partial charge in [-0.1, -0.05) is 6.92 Å². The van der Waals surface area contributed by atoms with Crippen molar-refractivity contribution in [2.45, 2.75) is 13.3 Å². The lowest BCUT2D eigenvalue weighted by atomic mass is 10.5. The van der Waals surface area contributed by atoms with Gasteiger partial charge in [0.15, 0.2) is 0 Å². The van der Waals surface area contributed by atoms with Crippen molar-refractivity contribution >= 4 is 0 Å². The van der Waals surface area contributed by atoms with Gasteiger partial charge < -0.3 is 5.32 Å². The second-order valence-corrected chi connectivity index (χ2v) is 1.49. The SMILES string of the molecule is C#CC[NH2+]CCC. The van der Waals surface area contributed by atoms with Crippen LogP contribution in [0.4, 0.5) is 0 Å². The lowest BCUT2D eigenvalue weighted by molar-refractivity contribution is -0.643. The molecule has 7 heavy (non-hydrogen) atoms. The Hall–Kier alpha value is -0.480. The van der Waals surface area contributed by atoms with Crippen molar-refractivity contribution in [3.8, 4) is 12.3 Å². The quantitative estimate of drug-likeness (QED) is 0.365. The minimum absolute atomic E-state index is 0.827. The van der Waals surface area contributed by atoms with Crippen molar-refractivity contribution in [2.24, 2.45) is 0 Å². The Morgan fingerprint density at radius 2 is 2.43 bits per heavy atom. The second kappa shape index (κ2) is 5.52. The molecule has 0 aliphatic carbocycles. The molecule has 0 bridgehead atoms. The van der Waals surface area contributed by atoms with E-state index in [4.69, 9.17) is 6.42 Å². The normalized spacial score (nSPS) is 8.00. The molecule has 0 saturated heterocycles. The molecule has 0 aromatic rings. The topological polar surface area (TPSA) is 16.6 Å². The average molecular weight is 98.2 g/mol. The fourth-order valence-electron chi connectivity index (χ4n) is 0.390. The summed E-state index contributed by atoms with van der Waals surface area (Å²) in [6.07, 6.45) is 6.20. The predicted octanol–water partition coefficient (Wildman–Crippen LogP) is -0.407. The average Bonchev–Trinajstić information content (AvgIpc) is 1.69. The molecule has 0 rings (SSSR count). The number of rotatable bonds is 3. The predicted molar refractivity (Wildman–Crippen MR) is 30.8 cm³/mol. The van der Waals surface area contributed by atoms with Gasteiger partial charge in [-0.05, 0) is 12.3 Å². The lowest BCUT2D eigenvalue weighted by Gasteiger charge is -1.88. The van der Waals surface area contributed by atoms with Gasteiger partial charge in [0.2, 0.25) is 0 Å². The maximum atomic E-state index is 4.99. The van der Waals surface area contributed by atoms with E-state index in [2.05, 4.69) is 18.2 Å². The van der Waals surface area contributed by atoms with Crippen LogP contribution in [0, 0.1) is 12.3 Å². The Morgan fingerprint density at radius 3 is 2.86 bits per heavy atom. The van der Waals surface area contributed by atoms with E-state index in [1.54, 1.807) is 0 Å². The first-order chi connectivity index (χ1) is 3.41. The molecule has 0 unspecified atom stereocenters. The Bertz CT molecular complexity index is 61.1. The minimum Gasteiger partial charge on any atom is -0.336 e. The molecule has 40 valence electrons. The molecule has 0 radical (unpaired) electrons. The zero-order valence-electron chi connectivity index (χ0n) is 4.78. The van der Waals surface area contributed by atoms with Crippen LogP contribution in [-0.4, -0.2) is 13.1 Å². The Morgan fingerprint density at radius 1 is 1.71 bits per heavy atom. The van der Waals surface area contributed by atoms with E-state index in [0.717, 1.165) is 13.1 Å². The molecule has 0 aliphatic rings. The number of hydrogen-bond donors (Lipinski definition) is 1. The first-order valence-corrected chi connectivity index (χ1v) is 2.67. The van der Waals surface area contributed by atoms with E-state index in [1.165, 1.54) is 6.42 Å². The molecular formula is C6H12N+. The molecule has 0 aromatic heterocycles. The summed E-state index contributed by atoms with van der Waals surface area (Å²) in [5, 5.41) is 2.12. The van der Waals surface area contributed by atoms with Crippen molar-refractivity contribution in [1.29, 1.82) is 0 Å². The molecule has 0 fully saturated rings. The Kier molecular flexibility index (Phi) is 5.14. The monoisotopic (exact) mass is 98.1 g/mol. The third-order valence-corrected chi connectivity index (χ3v) is 0.755. The van der Waals surface area contributed by atoms with Crippen LogP contribution in [0.3, 0.4) is 0 Å². The standard InChI is InChI=1S/C6H11N/c1-3-5-7-6-4-2/h1,7H,4-6H2,2H3/p+1. The van der Waals surface area contributed by atoms with Crippen LogP contribution < -0.4 is 5.32 Å². The van der Waals surface area contributed by atoms with E-state index in [1.807, 2.05) is 0 Å². The summed E-state index contributed by atoms with van der Waals surface area (Å²) in [5.41, 5.74) is 0. The summed E-state index contributed by atoms with van der Waals surface area (Å²) in [5.74, 6) is 2.55. The van der Waals surface area contributed by atoms with Crippen LogP contribution in [0.25, 0.3) is 0 Å². The summed E-state index contributed by atoms with van der Waals surface area (Å²) in [6.45, 7) is 4.13. The van der Waals surface area contributed by atoms with E-state index >= 15 is 0 Å². The molecule has 0 aliphatic heterocycles. The smallest absolute Gasteiger partial charge is 0.137 e. The molecule has 0 saturated carbocycles. The third-order valence-electron chi connectivity index (χ3n) is 0.755. The first kappa shape index (κ1) is 6.52. The van der Waals surface area contributed by atoms with Gasteiger partial charge >= 0.3 is 0 Å². The number of hydrogen-bond acceptors (Lipinski definition) is 0. The number of terminal acetylenes is 1. The highest BCUT2D eigenvalue weighted by Gasteiger charge is 1.77. The van der Waals surface area contributed by atoms with Crippen LogP contribution in [0.1, 0.15) is 13.3 Å². The molecule has 0 atom stereocenters. The fourth-order valence-corrected chi connectivity index (χ4v) is 0.390. The molecular weight excluding hydrogens is 86.1 g/mol. The third kappa shape index (κ3) is 5.52. The van der Waals surface area contributed by atoms with Crippen molar-refractivity contribution in [3.63, 3.8) is 0 Å². The fraction of sp³-hybridized carbons (Fsp3) is 0.667. The summed E-state index contributed by atoms with van der Waals surface area (Å²) in [4.78, 5) is 0. The molecule has 0 spiro atoms. The second-order valence-electron chi connectivity index (χ2n) is 1.49.